The number of halogens is 1. The van der Waals surface area contributed by atoms with Crippen LogP contribution in [0, 0.1) is 17.1 Å². The summed E-state index contributed by atoms with van der Waals surface area (Å²) in [6.07, 6.45) is 0. The fourth-order valence-electron chi connectivity index (χ4n) is 2.78. The second-order valence-corrected chi connectivity index (χ2v) is 8.23. The highest BCUT2D eigenvalue weighted by molar-refractivity contribution is 7.91. The van der Waals surface area contributed by atoms with Crippen molar-refractivity contribution in [3.63, 3.8) is 0 Å². The molecule has 0 amide bonds. The zero-order valence-corrected chi connectivity index (χ0v) is 13.9. The van der Waals surface area contributed by atoms with Gasteiger partial charge in [-0.25, -0.2) is 12.8 Å². The standard InChI is InChI=1S/C18H17FN2O2S/c19-18-11-15(12-20)3-6-17(18)16-4-1-14(2-5-16)13-21-7-9-24(22,23)10-8-21/h1-6,11H,7-10,13H2. The molecule has 1 heterocycles. The van der Waals surface area contributed by atoms with Crippen LogP contribution in [0.4, 0.5) is 4.39 Å². The average molecular weight is 344 g/mol. The summed E-state index contributed by atoms with van der Waals surface area (Å²) in [5.41, 5.74) is 2.58. The molecular weight excluding hydrogens is 327 g/mol. The van der Waals surface area contributed by atoms with Crippen LogP contribution in [0.1, 0.15) is 11.1 Å². The van der Waals surface area contributed by atoms with Crippen molar-refractivity contribution in [2.45, 2.75) is 6.54 Å². The lowest BCUT2D eigenvalue weighted by Crippen LogP contribution is -2.39. The molecule has 0 N–H and O–H groups in total. The van der Waals surface area contributed by atoms with E-state index in [9.17, 15) is 12.8 Å². The molecule has 6 heteroatoms. The highest BCUT2D eigenvalue weighted by Gasteiger charge is 2.21. The van der Waals surface area contributed by atoms with Crippen molar-refractivity contribution >= 4 is 9.84 Å². The monoisotopic (exact) mass is 344 g/mol. The number of sulfone groups is 1. The molecule has 0 aromatic heterocycles. The first-order valence-electron chi connectivity index (χ1n) is 7.68. The zero-order chi connectivity index (χ0) is 17.2. The number of hydrogen-bond acceptors (Lipinski definition) is 4. The first-order valence-corrected chi connectivity index (χ1v) is 9.51. The van der Waals surface area contributed by atoms with Crippen LogP contribution in [0.2, 0.25) is 0 Å². The molecule has 0 unspecified atom stereocenters. The molecule has 4 nitrogen and oxygen atoms in total. The van der Waals surface area contributed by atoms with Gasteiger partial charge in [-0.05, 0) is 23.3 Å². The molecule has 1 fully saturated rings. The second-order valence-electron chi connectivity index (χ2n) is 5.93. The van der Waals surface area contributed by atoms with E-state index < -0.39 is 15.7 Å². The molecule has 0 spiro atoms. The fourth-order valence-corrected chi connectivity index (χ4v) is 4.05. The molecule has 2 aromatic rings. The summed E-state index contributed by atoms with van der Waals surface area (Å²) >= 11 is 0. The summed E-state index contributed by atoms with van der Waals surface area (Å²) in [7, 11) is -2.87. The predicted molar refractivity (Wildman–Crippen MR) is 90.5 cm³/mol. The SMILES string of the molecule is N#Cc1ccc(-c2ccc(CN3CCS(=O)(=O)CC3)cc2)c(F)c1. The molecule has 1 aliphatic rings. The number of benzene rings is 2. The smallest absolute Gasteiger partial charge is 0.152 e. The Kier molecular flexibility index (Phi) is 4.65. The first-order chi connectivity index (χ1) is 11.5. The van der Waals surface area contributed by atoms with Crippen molar-refractivity contribution in [3.05, 3.63) is 59.4 Å². The van der Waals surface area contributed by atoms with E-state index in [0.717, 1.165) is 11.1 Å². The van der Waals surface area contributed by atoms with Crippen molar-refractivity contribution in [3.8, 4) is 17.2 Å². The Hall–Kier alpha value is -2.23. The van der Waals surface area contributed by atoms with Gasteiger partial charge in [-0.15, -0.1) is 0 Å². The Morgan fingerprint density at radius 1 is 1.08 bits per heavy atom. The fraction of sp³-hybridized carbons (Fsp3) is 0.278. The van der Waals surface area contributed by atoms with Gasteiger partial charge in [0, 0.05) is 25.2 Å². The average Bonchev–Trinajstić information content (AvgIpc) is 2.57. The van der Waals surface area contributed by atoms with Gasteiger partial charge in [-0.1, -0.05) is 30.3 Å². The van der Waals surface area contributed by atoms with Crippen LogP contribution in [-0.4, -0.2) is 37.9 Å². The van der Waals surface area contributed by atoms with E-state index >= 15 is 0 Å². The lowest BCUT2D eigenvalue weighted by atomic mass is 10.0. The van der Waals surface area contributed by atoms with Gasteiger partial charge in [0.05, 0.1) is 23.1 Å². The van der Waals surface area contributed by atoms with Crippen LogP contribution in [0.15, 0.2) is 42.5 Å². The van der Waals surface area contributed by atoms with Crippen molar-refractivity contribution < 1.29 is 12.8 Å². The molecular formula is C18H17FN2O2S. The van der Waals surface area contributed by atoms with Gasteiger partial charge < -0.3 is 0 Å². The predicted octanol–water partition coefficient (Wildman–Crippen LogP) is 2.59. The minimum Gasteiger partial charge on any atom is -0.297 e. The summed E-state index contributed by atoms with van der Waals surface area (Å²) in [6.45, 7) is 1.79. The third kappa shape index (κ3) is 3.81. The van der Waals surface area contributed by atoms with Crippen molar-refractivity contribution in [2.75, 3.05) is 24.6 Å². The lowest BCUT2D eigenvalue weighted by molar-refractivity contribution is 0.287. The Labute approximate surface area is 141 Å². The number of hydrogen-bond donors (Lipinski definition) is 0. The number of nitriles is 1. The minimum atomic E-state index is -2.87. The maximum Gasteiger partial charge on any atom is 0.152 e. The molecule has 0 radical (unpaired) electrons. The van der Waals surface area contributed by atoms with Crippen molar-refractivity contribution in [1.29, 1.82) is 5.26 Å². The molecule has 0 aliphatic carbocycles. The lowest BCUT2D eigenvalue weighted by Gasteiger charge is -2.26. The Bertz CT molecular complexity index is 872. The maximum atomic E-state index is 14.1. The largest absolute Gasteiger partial charge is 0.297 e. The molecule has 0 bridgehead atoms. The highest BCUT2D eigenvalue weighted by atomic mass is 32.2. The van der Waals surface area contributed by atoms with Gasteiger partial charge in [-0.3, -0.25) is 4.90 Å². The third-order valence-corrected chi connectivity index (χ3v) is 5.82. The first kappa shape index (κ1) is 16.6. The molecule has 0 atom stereocenters. The number of rotatable bonds is 3. The molecule has 24 heavy (non-hydrogen) atoms. The molecule has 1 saturated heterocycles. The number of nitrogens with zero attached hydrogens (tertiary/aromatic N) is 2. The van der Waals surface area contributed by atoms with Gasteiger partial charge in [0.1, 0.15) is 5.82 Å². The minimum absolute atomic E-state index is 0.210. The molecule has 3 rings (SSSR count). The van der Waals surface area contributed by atoms with Gasteiger partial charge in [0.2, 0.25) is 0 Å². The van der Waals surface area contributed by atoms with E-state index in [1.807, 2.05) is 30.3 Å². The Morgan fingerprint density at radius 2 is 1.75 bits per heavy atom. The Balaban J connectivity index is 1.71. The maximum absolute atomic E-state index is 14.1. The van der Waals surface area contributed by atoms with Crippen LogP contribution < -0.4 is 0 Å². The zero-order valence-electron chi connectivity index (χ0n) is 13.1. The van der Waals surface area contributed by atoms with Gasteiger partial charge >= 0.3 is 0 Å². The van der Waals surface area contributed by atoms with E-state index in [0.29, 0.717) is 30.8 Å². The molecule has 124 valence electrons. The highest BCUT2D eigenvalue weighted by Crippen LogP contribution is 2.24. The summed E-state index contributed by atoms with van der Waals surface area (Å²) in [5, 5.41) is 8.79. The van der Waals surface area contributed by atoms with Gasteiger partial charge in [-0.2, -0.15) is 5.26 Å². The normalized spacial score (nSPS) is 17.3. The van der Waals surface area contributed by atoms with Gasteiger partial charge in [0.25, 0.3) is 0 Å². The topological polar surface area (TPSA) is 61.2 Å². The van der Waals surface area contributed by atoms with Crippen LogP contribution in [0.3, 0.4) is 0 Å². The van der Waals surface area contributed by atoms with Crippen LogP contribution in [-0.2, 0) is 16.4 Å². The van der Waals surface area contributed by atoms with E-state index in [4.69, 9.17) is 5.26 Å². The van der Waals surface area contributed by atoms with Gasteiger partial charge in [0.15, 0.2) is 9.84 Å². The Morgan fingerprint density at radius 3 is 2.33 bits per heavy atom. The third-order valence-electron chi connectivity index (χ3n) is 4.21. The molecule has 1 aliphatic heterocycles. The summed E-state index contributed by atoms with van der Waals surface area (Å²) in [5.74, 6) is 0.00586. The van der Waals surface area contributed by atoms with Crippen molar-refractivity contribution in [1.82, 2.24) is 4.90 Å². The van der Waals surface area contributed by atoms with Crippen LogP contribution >= 0.6 is 0 Å². The summed E-state index contributed by atoms with van der Waals surface area (Å²) in [6, 6.07) is 13.9. The summed E-state index contributed by atoms with van der Waals surface area (Å²) < 4.78 is 36.9. The van der Waals surface area contributed by atoms with Crippen LogP contribution in [0.25, 0.3) is 11.1 Å². The van der Waals surface area contributed by atoms with Crippen molar-refractivity contribution in [2.24, 2.45) is 0 Å². The van der Waals surface area contributed by atoms with Crippen LogP contribution in [0.5, 0.6) is 0 Å². The van der Waals surface area contributed by atoms with E-state index in [1.165, 1.54) is 6.07 Å². The van der Waals surface area contributed by atoms with E-state index in [2.05, 4.69) is 4.90 Å². The summed E-state index contributed by atoms with van der Waals surface area (Å²) in [4.78, 5) is 2.11. The van der Waals surface area contributed by atoms with E-state index in [-0.39, 0.29) is 11.5 Å². The second kappa shape index (κ2) is 6.71. The molecule has 0 saturated carbocycles. The quantitative estimate of drug-likeness (QED) is 0.859. The molecule has 2 aromatic carbocycles. The van der Waals surface area contributed by atoms with E-state index in [1.54, 1.807) is 12.1 Å².